The van der Waals surface area contributed by atoms with E-state index in [0.717, 1.165) is 36.6 Å². The Hall–Kier alpha value is -3.02. The van der Waals surface area contributed by atoms with Gasteiger partial charge in [0.2, 0.25) is 0 Å². The topological polar surface area (TPSA) is 70.6 Å². The minimum atomic E-state index is -0.516. The van der Waals surface area contributed by atoms with Crippen molar-refractivity contribution in [3.05, 3.63) is 71.5 Å². The van der Waals surface area contributed by atoms with Crippen molar-refractivity contribution in [2.24, 2.45) is 5.10 Å². The number of carbonyl (C=O) groups excluding carboxylic acids is 2. The zero-order valence-corrected chi connectivity index (χ0v) is 14.7. The summed E-state index contributed by atoms with van der Waals surface area (Å²) in [7, 11) is 0. The molecule has 2 amide bonds. The second-order valence-electron chi connectivity index (χ2n) is 5.76. The molecule has 0 saturated heterocycles. The summed E-state index contributed by atoms with van der Waals surface area (Å²) in [5.74, 6) is -1.47. The molecule has 0 radical (unpaired) electrons. The molecule has 0 aliphatic carbocycles. The molecule has 0 aliphatic rings. The highest BCUT2D eigenvalue weighted by Crippen LogP contribution is 2.07. The van der Waals surface area contributed by atoms with Crippen LogP contribution in [0.15, 0.2) is 59.7 Å². The van der Waals surface area contributed by atoms with E-state index < -0.39 is 17.6 Å². The van der Waals surface area contributed by atoms with Gasteiger partial charge in [0.25, 0.3) is 11.8 Å². The average Bonchev–Trinajstić information content (AvgIpc) is 2.67. The van der Waals surface area contributed by atoms with Gasteiger partial charge in [-0.2, -0.15) is 5.10 Å². The van der Waals surface area contributed by atoms with Gasteiger partial charge in [-0.25, -0.2) is 9.82 Å². The highest BCUT2D eigenvalue weighted by Gasteiger charge is 2.09. The lowest BCUT2D eigenvalue weighted by molar-refractivity contribution is -0.120. The Kier molecular flexibility index (Phi) is 7.49. The molecule has 0 unspecified atom stereocenters. The fourth-order valence-electron chi connectivity index (χ4n) is 2.30. The fourth-order valence-corrected chi connectivity index (χ4v) is 2.30. The van der Waals surface area contributed by atoms with E-state index in [1.807, 2.05) is 30.3 Å². The summed E-state index contributed by atoms with van der Waals surface area (Å²) in [6.07, 6.45) is 2.72. The summed E-state index contributed by atoms with van der Waals surface area (Å²) in [6, 6.07) is 14.9. The highest BCUT2D eigenvalue weighted by atomic mass is 19.1. The van der Waals surface area contributed by atoms with Crippen LogP contribution < -0.4 is 10.7 Å². The van der Waals surface area contributed by atoms with Gasteiger partial charge in [-0.1, -0.05) is 49.7 Å². The van der Waals surface area contributed by atoms with Crippen molar-refractivity contribution >= 4 is 17.5 Å². The van der Waals surface area contributed by atoms with Crippen LogP contribution in [-0.2, 0) is 4.79 Å². The Morgan fingerprint density at radius 1 is 1.04 bits per heavy atom. The molecule has 2 aromatic rings. The molecule has 0 bridgehead atoms. The Morgan fingerprint density at radius 3 is 2.46 bits per heavy atom. The summed E-state index contributed by atoms with van der Waals surface area (Å²) < 4.78 is 13.1. The minimum absolute atomic E-state index is 0.161. The second kappa shape index (κ2) is 10.1. The third-order valence-corrected chi connectivity index (χ3v) is 3.69. The van der Waals surface area contributed by atoms with Crippen LogP contribution in [0, 0.1) is 5.82 Å². The largest absolute Gasteiger partial charge is 0.343 e. The molecule has 0 saturated carbocycles. The van der Waals surface area contributed by atoms with Crippen molar-refractivity contribution in [3.63, 3.8) is 0 Å². The summed E-state index contributed by atoms with van der Waals surface area (Å²) in [5, 5.41) is 6.65. The summed E-state index contributed by atoms with van der Waals surface area (Å²) >= 11 is 0. The quantitative estimate of drug-likeness (QED) is 0.564. The van der Waals surface area contributed by atoms with E-state index in [4.69, 9.17) is 0 Å². The van der Waals surface area contributed by atoms with Crippen molar-refractivity contribution in [2.75, 3.05) is 6.54 Å². The van der Waals surface area contributed by atoms with Gasteiger partial charge in [0, 0.05) is 5.56 Å². The zero-order valence-electron chi connectivity index (χ0n) is 14.7. The van der Waals surface area contributed by atoms with Gasteiger partial charge in [-0.15, -0.1) is 0 Å². The number of hydrogen-bond donors (Lipinski definition) is 2. The Bertz CT molecular complexity index is 776. The maximum atomic E-state index is 13.1. The van der Waals surface area contributed by atoms with Gasteiger partial charge in [-0.05, 0) is 36.6 Å². The van der Waals surface area contributed by atoms with Crippen LogP contribution >= 0.6 is 0 Å². The SMILES string of the molecule is CCCCC(=NNC(=O)CNC(=O)c1cccc(F)c1)c1ccccc1. The lowest BCUT2D eigenvalue weighted by Gasteiger charge is -2.08. The van der Waals surface area contributed by atoms with Gasteiger partial charge < -0.3 is 5.32 Å². The second-order valence-corrected chi connectivity index (χ2v) is 5.76. The molecule has 5 nitrogen and oxygen atoms in total. The van der Waals surface area contributed by atoms with Gasteiger partial charge in [0.1, 0.15) is 5.82 Å². The van der Waals surface area contributed by atoms with Crippen molar-refractivity contribution in [1.29, 1.82) is 0 Å². The molecule has 0 atom stereocenters. The first kappa shape index (κ1) is 19.3. The number of unbranched alkanes of at least 4 members (excludes halogenated alkanes) is 1. The predicted molar refractivity (Wildman–Crippen MR) is 99.4 cm³/mol. The molecule has 2 rings (SSSR count). The normalized spacial score (nSPS) is 11.1. The van der Waals surface area contributed by atoms with Gasteiger partial charge in [0.15, 0.2) is 0 Å². The van der Waals surface area contributed by atoms with Crippen LogP contribution in [0.4, 0.5) is 4.39 Å². The molecule has 2 N–H and O–H groups in total. The monoisotopic (exact) mass is 355 g/mol. The minimum Gasteiger partial charge on any atom is -0.343 e. The van der Waals surface area contributed by atoms with Crippen molar-refractivity contribution < 1.29 is 14.0 Å². The van der Waals surface area contributed by atoms with Gasteiger partial charge in [0.05, 0.1) is 12.3 Å². The lowest BCUT2D eigenvalue weighted by Crippen LogP contribution is -2.35. The van der Waals surface area contributed by atoms with Crippen molar-refractivity contribution in [3.8, 4) is 0 Å². The number of hydrogen-bond acceptors (Lipinski definition) is 3. The molecule has 26 heavy (non-hydrogen) atoms. The summed E-state index contributed by atoms with van der Waals surface area (Å²) in [4.78, 5) is 23.9. The van der Waals surface area contributed by atoms with E-state index in [1.54, 1.807) is 0 Å². The van der Waals surface area contributed by atoms with Crippen LogP contribution in [0.25, 0.3) is 0 Å². The third-order valence-electron chi connectivity index (χ3n) is 3.69. The molecule has 0 aliphatic heterocycles. The van der Waals surface area contributed by atoms with E-state index in [2.05, 4.69) is 22.8 Å². The molecule has 2 aromatic carbocycles. The first-order valence-electron chi connectivity index (χ1n) is 8.54. The number of hydrazone groups is 1. The van der Waals surface area contributed by atoms with E-state index in [0.29, 0.717) is 0 Å². The highest BCUT2D eigenvalue weighted by molar-refractivity contribution is 6.01. The average molecular weight is 355 g/mol. The van der Waals surface area contributed by atoms with Crippen molar-refractivity contribution in [2.45, 2.75) is 26.2 Å². The standard InChI is InChI=1S/C20H22FN3O2/c1-2-3-12-18(15-8-5-4-6-9-15)23-24-19(25)14-22-20(26)16-10-7-11-17(21)13-16/h4-11,13H,2-3,12,14H2,1H3,(H,22,26)(H,24,25). The first-order valence-corrected chi connectivity index (χ1v) is 8.54. The van der Waals surface area contributed by atoms with Crippen molar-refractivity contribution in [1.82, 2.24) is 10.7 Å². The van der Waals surface area contributed by atoms with Crippen LogP contribution in [0.2, 0.25) is 0 Å². The van der Waals surface area contributed by atoms with Gasteiger partial charge >= 0.3 is 0 Å². The van der Waals surface area contributed by atoms with Crippen LogP contribution in [0.1, 0.15) is 42.1 Å². The Labute approximate surface area is 152 Å². The Balaban J connectivity index is 1.92. The number of carbonyl (C=O) groups is 2. The third kappa shape index (κ3) is 6.12. The molecular weight excluding hydrogens is 333 g/mol. The maximum Gasteiger partial charge on any atom is 0.259 e. The fraction of sp³-hybridized carbons (Fsp3) is 0.250. The van der Waals surface area contributed by atoms with E-state index in [1.165, 1.54) is 18.2 Å². The molecule has 0 fully saturated rings. The predicted octanol–water partition coefficient (Wildman–Crippen LogP) is 3.27. The molecule has 0 heterocycles. The number of rotatable bonds is 8. The molecule has 0 aromatic heterocycles. The smallest absolute Gasteiger partial charge is 0.259 e. The number of halogens is 1. The van der Waals surface area contributed by atoms with E-state index in [9.17, 15) is 14.0 Å². The van der Waals surface area contributed by atoms with Crippen LogP contribution in [0.3, 0.4) is 0 Å². The van der Waals surface area contributed by atoms with Crippen LogP contribution in [-0.4, -0.2) is 24.1 Å². The number of nitrogens with one attached hydrogen (secondary N) is 2. The van der Waals surface area contributed by atoms with Gasteiger partial charge in [-0.3, -0.25) is 9.59 Å². The van der Waals surface area contributed by atoms with E-state index in [-0.39, 0.29) is 12.1 Å². The molecule has 0 spiro atoms. The first-order chi connectivity index (χ1) is 12.6. The number of benzene rings is 2. The Morgan fingerprint density at radius 2 is 1.77 bits per heavy atom. The van der Waals surface area contributed by atoms with Crippen LogP contribution in [0.5, 0.6) is 0 Å². The number of nitrogens with zero attached hydrogens (tertiary/aromatic N) is 1. The molecule has 6 heteroatoms. The van der Waals surface area contributed by atoms with E-state index >= 15 is 0 Å². The maximum absolute atomic E-state index is 13.1. The summed E-state index contributed by atoms with van der Waals surface area (Å²) in [5.41, 5.74) is 4.37. The molecular formula is C20H22FN3O2. The zero-order chi connectivity index (χ0) is 18.8. The number of amides is 2. The lowest BCUT2D eigenvalue weighted by atomic mass is 10.1. The molecule has 136 valence electrons. The summed E-state index contributed by atoms with van der Waals surface area (Å²) in [6.45, 7) is 1.85.